The highest BCUT2D eigenvalue weighted by Crippen LogP contribution is 2.00. The van der Waals surface area contributed by atoms with E-state index in [1.54, 1.807) is 6.92 Å². The molecule has 4 heteroatoms. The number of hydrogen-bond acceptors (Lipinski definition) is 3. The molecular formula is C10H19NO3. The van der Waals surface area contributed by atoms with Crippen molar-refractivity contribution in [2.24, 2.45) is 4.99 Å². The van der Waals surface area contributed by atoms with Gasteiger partial charge in [0.1, 0.15) is 0 Å². The van der Waals surface area contributed by atoms with Crippen LogP contribution in [0, 0.1) is 0 Å². The van der Waals surface area contributed by atoms with Gasteiger partial charge in [-0.3, -0.25) is 0 Å². The topological polar surface area (TPSA) is 47.9 Å². The minimum absolute atomic E-state index is 0.343. The Kier molecular flexibility index (Phi) is 7.89. The zero-order valence-corrected chi connectivity index (χ0v) is 9.21. The molecule has 0 atom stereocenters. The van der Waals surface area contributed by atoms with E-state index in [0.717, 1.165) is 12.8 Å². The van der Waals surface area contributed by atoms with Crippen LogP contribution in [-0.4, -0.2) is 25.2 Å². The first-order valence-corrected chi connectivity index (χ1v) is 5.11. The maximum Gasteiger partial charge on any atom is 0.436 e. The molecule has 82 valence electrons. The van der Waals surface area contributed by atoms with Crippen molar-refractivity contribution in [1.29, 1.82) is 0 Å². The van der Waals surface area contributed by atoms with Crippen molar-refractivity contribution >= 4 is 12.0 Å². The van der Waals surface area contributed by atoms with Crippen LogP contribution < -0.4 is 0 Å². The molecule has 0 heterocycles. The minimum atomic E-state index is -0.563. The molecule has 1 amide bonds. The first-order valence-electron chi connectivity index (χ1n) is 5.11. The summed E-state index contributed by atoms with van der Waals surface area (Å²) in [6.45, 7) is 6.57. The van der Waals surface area contributed by atoms with Gasteiger partial charge in [0.05, 0.1) is 13.2 Å². The van der Waals surface area contributed by atoms with Crippen molar-refractivity contribution in [2.75, 3.05) is 13.2 Å². The number of amides is 1. The molecular weight excluding hydrogens is 182 g/mol. The third-order valence-electron chi connectivity index (χ3n) is 1.54. The van der Waals surface area contributed by atoms with E-state index in [-0.39, 0.29) is 0 Å². The molecule has 4 nitrogen and oxygen atoms in total. The zero-order valence-electron chi connectivity index (χ0n) is 9.21. The van der Waals surface area contributed by atoms with Crippen LogP contribution in [0.3, 0.4) is 0 Å². The summed E-state index contributed by atoms with van der Waals surface area (Å²) >= 11 is 0. The van der Waals surface area contributed by atoms with Crippen LogP contribution in [0.1, 0.15) is 40.0 Å². The van der Waals surface area contributed by atoms with Crippen molar-refractivity contribution in [2.45, 2.75) is 40.0 Å². The number of aliphatic imine (C=N–C) groups is 1. The van der Waals surface area contributed by atoms with Gasteiger partial charge < -0.3 is 9.47 Å². The second kappa shape index (κ2) is 8.53. The third kappa shape index (κ3) is 6.46. The summed E-state index contributed by atoms with van der Waals surface area (Å²) in [4.78, 5) is 14.7. The molecule has 0 aliphatic carbocycles. The lowest BCUT2D eigenvalue weighted by molar-refractivity contribution is 0.162. The predicted molar refractivity (Wildman–Crippen MR) is 55.6 cm³/mol. The number of carbonyl (C=O) groups is 1. The Morgan fingerprint density at radius 2 is 1.79 bits per heavy atom. The molecule has 0 aliphatic rings. The summed E-state index contributed by atoms with van der Waals surface area (Å²) in [6.07, 6.45) is 2.16. The highest BCUT2D eigenvalue weighted by atomic mass is 16.6. The molecule has 0 N–H and O–H groups in total. The number of carbonyl (C=O) groups excluding carboxylic acids is 1. The van der Waals surface area contributed by atoms with E-state index < -0.39 is 6.09 Å². The Balaban J connectivity index is 4.08. The fourth-order valence-electron chi connectivity index (χ4n) is 0.913. The lowest BCUT2D eigenvalue weighted by atomic mass is 10.2. The summed E-state index contributed by atoms with van der Waals surface area (Å²) in [5, 5.41) is 0. The van der Waals surface area contributed by atoms with E-state index in [0.29, 0.717) is 25.5 Å². The molecule has 0 aromatic heterocycles. The normalized spacial score (nSPS) is 11.2. The molecule has 0 saturated heterocycles. The van der Waals surface area contributed by atoms with Crippen LogP contribution in [0.25, 0.3) is 0 Å². The van der Waals surface area contributed by atoms with Crippen molar-refractivity contribution in [1.82, 2.24) is 0 Å². The lowest BCUT2D eigenvalue weighted by Gasteiger charge is -2.05. The fraction of sp³-hybridized carbons (Fsp3) is 0.800. The fourth-order valence-corrected chi connectivity index (χ4v) is 0.913. The summed E-state index contributed by atoms with van der Waals surface area (Å²) < 4.78 is 9.90. The second-order valence-electron chi connectivity index (χ2n) is 2.74. The number of rotatable bonds is 5. The van der Waals surface area contributed by atoms with Crippen LogP contribution in [0.5, 0.6) is 0 Å². The van der Waals surface area contributed by atoms with E-state index in [9.17, 15) is 4.79 Å². The Hall–Kier alpha value is -1.06. The molecule has 0 aromatic carbocycles. The summed E-state index contributed by atoms with van der Waals surface area (Å²) in [5.41, 5.74) is 0. The van der Waals surface area contributed by atoms with E-state index in [4.69, 9.17) is 9.47 Å². The van der Waals surface area contributed by atoms with E-state index in [1.165, 1.54) is 0 Å². The zero-order chi connectivity index (χ0) is 10.8. The maximum atomic E-state index is 11.0. The maximum absolute atomic E-state index is 11.0. The molecule has 0 saturated carbocycles. The average molecular weight is 201 g/mol. The second-order valence-corrected chi connectivity index (χ2v) is 2.74. The number of unbranched alkanes of at least 4 members (excludes halogenated alkanes) is 1. The standard InChI is InChI=1S/C10H19NO3/c1-4-7-8-9(13-5-2)11-10(12)14-6-3/h4-8H2,1-3H3. The number of nitrogens with zero attached hydrogens (tertiary/aromatic N) is 1. The van der Waals surface area contributed by atoms with Crippen molar-refractivity contribution in [3.05, 3.63) is 0 Å². The minimum Gasteiger partial charge on any atom is -0.481 e. The molecule has 0 unspecified atom stereocenters. The highest BCUT2D eigenvalue weighted by Gasteiger charge is 2.04. The van der Waals surface area contributed by atoms with Gasteiger partial charge in [-0.2, -0.15) is 0 Å². The number of hydrogen-bond donors (Lipinski definition) is 0. The van der Waals surface area contributed by atoms with Crippen molar-refractivity contribution in [3.8, 4) is 0 Å². The van der Waals surface area contributed by atoms with Crippen LogP contribution in [0.2, 0.25) is 0 Å². The van der Waals surface area contributed by atoms with Gasteiger partial charge in [-0.25, -0.2) is 4.79 Å². The van der Waals surface area contributed by atoms with Gasteiger partial charge in [0.2, 0.25) is 0 Å². The Morgan fingerprint density at radius 3 is 2.29 bits per heavy atom. The first kappa shape index (κ1) is 12.9. The van der Waals surface area contributed by atoms with Gasteiger partial charge in [-0.05, 0) is 20.3 Å². The molecule has 0 aromatic rings. The third-order valence-corrected chi connectivity index (χ3v) is 1.54. The van der Waals surface area contributed by atoms with Gasteiger partial charge in [0, 0.05) is 6.42 Å². The molecule has 14 heavy (non-hydrogen) atoms. The van der Waals surface area contributed by atoms with Crippen LogP contribution in [0.4, 0.5) is 4.79 Å². The molecule has 0 spiro atoms. The molecule has 0 bridgehead atoms. The summed E-state index contributed by atoms with van der Waals surface area (Å²) in [5.74, 6) is 0.479. The van der Waals surface area contributed by atoms with Gasteiger partial charge in [-0.15, -0.1) is 4.99 Å². The quantitative estimate of drug-likeness (QED) is 0.507. The summed E-state index contributed by atoms with van der Waals surface area (Å²) in [7, 11) is 0. The van der Waals surface area contributed by atoms with Gasteiger partial charge >= 0.3 is 6.09 Å². The average Bonchev–Trinajstić information content (AvgIpc) is 2.15. The molecule has 0 rings (SSSR count). The van der Waals surface area contributed by atoms with E-state index in [2.05, 4.69) is 11.9 Å². The predicted octanol–water partition coefficient (Wildman–Crippen LogP) is 2.77. The van der Waals surface area contributed by atoms with Crippen LogP contribution in [0.15, 0.2) is 4.99 Å². The van der Waals surface area contributed by atoms with Crippen molar-refractivity contribution < 1.29 is 14.3 Å². The largest absolute Gasteiger partial charge is 0.481 e. The highest BCUT2D eigenvalue weighted by molar-refractivity contribution is 5.87. The number of ether oxygens (including phenoxy) is 2. The first-order chi connectivity index (χ1) is 6.74. The molecule has 0 aliphatic heterocycles. The van der Waals surface area contributed by atoms with Crippen LogP contribution in [-0.2, 0) is 9.47 Å². The monoisotopic (exact) mass is 201 g/mol. The van der Waals surface area contributed by atoms with Gasteiger partial charge in [0.25, 0.3) is 0 Å². The Morgan fingerprint density at radius 1 is 1.14 bits per heavy atom. The van der Waals surface area contributed by atoms with Crippen LogP contribution >= 0.6 is 0 Å². The smallest absolute Gasteiger partial charge is 0.436 e. The van der Waals surface area contributed by atoms with E-state index >= 15 is 0 Å². The van der Waals surface area contributed by atoms with E-state index in [1.807, 2.05) is 6.92 Å². The molecule has 0 fully saturated rings. The molecule has 0 radical (unpaired) electrons. The van der Waals surface area contributed by atoms with Gasteiger partial charge in [0.15, 0.2) is 5.90 Å². The van der Waals surface area contributed by atoms with Crippen molar-refractivity contribution in [3.63, 3.8) is 0 Å². The Bertz CT molecular complexity index is 190. The van der Waals surface area contributed by atoms with Gasteiger partial charge in [-0.1, -0.05) is 13.3 Å². The SMILES string of the molecule is CCCCC(=NC(=O)OCC)OCC. The lowest BCUT2D eigenvalue weighted by Crippen LogP contribution is -2.09. The Labute approximate surface area is 85.3 Å². The summed E-state index contributed by atoms with van der Waals surface area (Å²) in [6, 6.07) is 0.